The van der Waals surface area contributed by atoms with Crippen LogP contribution in [-0.4, -0.2) is 29.7 Å². The third kappa shape index (κ3) is 2.63. The van der Waals surface area contributed by atoms with Gasteiger partial charge < -0.3 is 14.5 Å². The molecule has 1 N–H and O–H groups in total. The summed E-state index contributed by atoms with van der Waals surface area (Å²) in [4.78, 5) is 30.3. The smallest absolute Gasteiger partial charge is 0.387 e. The van der Waals surface area contributed by atoms with Crippen LogP contribution in [0.4, 0.5) is 8.78 Å². The van der Waals surface area contributed by atoms with Gasteiger partial charge in [-0.25, -0.2) is 9.78 Å². The average molecular weight is 310 g/mol. The van der Waals surface area contributed by atoms with E-state index in [4.69, 9.17) is 0 Å². The van der Waals surface area contributed by atoms with Crippen molar-refractivity contribution >= 4 is 17.0 Å². The van der Waals surface area contributed by atoms with E-state index in [0.717, 1.165) is 26.0 Å². The molecule has 0 bridgehead atoms. The Hall–Kier alpha value is -2.51. The molecule has 2 aromatic rings. The number of methoxy groups -OCH3 is 1. The average Bonchev–Trinajstić information content (AvgIpc) is 3.29. The fourth-order valence-corrected chi connectivity index (χ4v) is 2.23. The molecule has 1 aromatic carbocycles. The van der Waals surface area contributed by atoms with E-state index in [1.54, 1.807) is 0 Å². The van der Waals surface area contributed by atoms with Gasteiger partial charge in [-0.1, -0.05) is 0 Å². The largest absolute Gasteiger partial charge is 0.465 e. The molecule has 0 atom stereocenters. The zero-order valence-corrected chi connectivity index (χ0v) is 11.6. The van der Waals surface area contributed by atoms with Crippen molar-refractivity contribution in [2.75, 3.05) is 7.11 Å². The van der Waals surface area contributed by atoms with Gasteiger partial charge in [0.15, 0.2) is 5.75 Å². The Morgan fingerprint density at radius 1 is 1.41 bits per heavy atom. The first kappa shape index (κ1) is 14.4. The zero-order valence-electron chi connectivity index (χ0n) is 11.6. The maximum absolute atomic E-state index is 12.6. The van der Waals surface area contributed by atoms with Gasteiger partial charge in [0.05, 0.1) is 18.2 Å². The SMILES string of the molecule is COC(=O)c1cc(OC(F)F)c2nc(C3CC3)c(=O)[nH]c2c1. The molecule has 1 heterocycles. The number of halogens is 2. The summed E-state index contributed by atoms with van der Waals surface area (Å²) in [7, 11) is 1.16. The van der Waals surface area contributed by atoms with Crippen molar-refractivity contribution in [2.45, 2.75) is 25.4 Å². The normalized spacial score (nSPS) is 14.4. The molecule has 0 amide bonds. The van der Waals surface area contributed by atoms with Crippen LogP contribution in [0.3, 0.4) is 0 Å². The van der Waals surface area contributed by atoms with Gasteiger partial charge in [0.1, 0.15) is 11.2 Å². The second kappa shape index (κ2) is 5.36. The monoisotopic (exact) mass is 310 g/mol. The van der Waals surface area contributed by atoms with E-state index >= 15 is 0 Å². The summed E-state index contributed by atoms with van der Waals surface area (Å²) < 4.78 is 34.1. The molecule has 3 rings (SSSR count). The van der Waals surface area contributed by atoms with Crippen LogP contribution in [0.25, 0.3) is 11.0 Å². The number of benzene rings is 1. The van der Waals surface area contributed by atoms with Crippen LogP contribution in [0.15, 0.2) is 16.9 Å². The van der Waals surface area contributed by atoms with Gasteiger partial charge in [-0.05, 0) is 25.0 Å². The maximum atomic E-state index is 12.6. The highest BCUT2D eigenvalue weighted by atomic mass is 19.3. The van der Waals surface area contributed by atoms with Gasteiger partial charge in [0.2, 0.25) is 0 Å². The number of esters is 1. The van der Waals surface area contributed by atoms with Crippen molar-refractivity contribution in [1.29, 1.82) is 0 Å². The fourth-order valence-electron chi connectivity index (χ4n) is 2.23. The molecular weight excluding hydrogens is 298 g/mol. The Bertz CT molecular complexity index is 799. The number of alkyl halides is 2. The van der Waals surface area contributed by atoms with Crippen molar-refractivity contribution < 1.29 is 23.0 Å². The number of H-pyrrole nitrogens is 1. The van der Waals surface area contributed by atoms with Crippen molar-refractivity contribution in [3.8, 4) is 5.75 Å². The van der Waals surface area contributed by atoms with Gasteiger partial charge in [-0.2, -0.15) is 8.78 Å². The second-order valence-corrected chi connectivity index (χ2v) is 4.97. The summed E-state index contributed by atoms with van der Waals surface area (Å²) in [6.07, 6.45) is 1.68. The molecule has 0 aliphatic heterocycles. The summed E-state index contributed by atoms with van der Waals surface area (Å²) in [5.41, 5.74) is 0.141. The number of hydrogen-bond acceptors (Lipinski definition) is 5. The molecule has 0 unspecified atom stereocenters. The minimum absolute atomic E-state index is 0.0118. The topological polar surface area (TPSA) is 81.3 Å². The lowest BCUT2D eigenvalue weighted by molar-refractivity contribution is -0.0490. The van der Waals surface area contributed by atoms with Gasteiger partial charge in [-0.3, -0.25) is 4.79 Å². The minimum atomic E-state index is -3.07. The van der Waals surface area contributed by atoms with Crippen LogP contribution < -0.4 is 10.3 Å². The molecule has 6 nitrogen and oxygen atoms in total. The van der Waals surface area contributed by atoms with Gasteiger partial charge in [0.25, 0.3) is 5.56 Å². The third-order valence-corrected chi connectivity index (χ3v) is 3.39. The number of rotatable bonds is 4. The Morgan fingerprint density at radius 3 is 2.73 bits per heavy atom. The first-order chi connectivity index (χ1) is 10.5. The second-order valence-electron chi connectivity index (χ2n) is 4.97. The molecule has 116 valence electrons. The highest BCUT2D eigenvalue weighted by molar-refractivity contribution is 5.95. The Labute approximate surface area is 123 Å². The number of nitrogens with one attached hydrogen (secondary N) is 1. The quantitative estimate of drug-likeness (QED) is 0.875. The number of aromatic nitrogens is 2. The number of hydrogen-bond donors (Lipinski definition) is 1. The van der Waals surface area contributed by atoms with Crippen molar-refractivity contribution in [1.82, 2.24) is 9.97 Å². The fraction of sp³-hybridized carbons (Fsp3) is 0.357. The van der Waals surface area contributed by atoms with Crippen LogP contribution in [0.1, 0.15) is 34.8 Å². The number of carbonyl (C=O) groups is 1. The summed E-state index contributed by atoms with van der Waals surface area (Å²) in [5, 5.41) is 0. The van der Waals surface area contributed by atoms with Crippen molar-refractivity contribution in [3.63, 3.8) is 0 Å². The van der Waals surface area contributed by atoms with E-state index in [2.05, 4.69) is 19.4 Å². The molecular formula is C14H12F2N2O4. The van der Waals surface area contributed by atoms with E-state index in [0.29, 0.717) is 5.69 Å². The molecule has 1 aromatic heterocycles. The third-order valence-electron chi connectivity index (χ3n) is 3.39. The lowest BCUT2D eigenvalue weighted by Crippen LogP contribution is -2.16. The van der Waals surface area contributed by atoms with Gasteiger partial charge in [0, 0.05) is 5.92 Å². The first-order valence-electron chi connectivity index (χ1n) is 6.60. The predicted octanol–water partition coefficient (Wildman–Crippen LogP) is 2.19. The highest BCUT2D eigenvalue weighted by Gasteiger charge is 2.29. The minimum Gasteiger partial charge on any atom is -0.465 e. The first-order valence-corrected chi connectivity index (χ1v) is 6.60. The molecule has 1 saturated carbocycles. The van der Waals surface area contributed by atoms with Crippen LogP contribution in [0, 0.1) is 0 Å². The Morgan fingerprint density at radius 2 is 2.14 bits per heavy atom. The number of nitrogens with zero attached hydrogens (tertiary/aromatic N) is 1. The molecule has 1 aliphatic rings. The van der Waals surface area contributed by atoms with Crippen molar-refractivity contribution in [3.05, 3.63) is 33.7 Å². The number of carbonyl (C=O) groups excluding carboxylic acids is 1. The van der Waals surface area contributed by atoms with Crippen LogP contribution in [-0.2, 0) is 4.74 Å². The predicted molar refractivity (Wildman–Crippen MR) is 72.3 cm³/mol. The Kier molecular flexibility index (Phi) is 3.51. The zero-order chi connectivity index (χ0) is 15.9. The molecule has 8 heteroatoms. The molecule has 0 radical (unpaired) electrons. The van der Waals surface area contributed by atoms with Crippen molar-refractivity contribution in [2.24, 2.45) is 0 Å². The lowest BCUT2D eigenvalue weighted by atomic mass is 10.1. The van der Waals surface area contributed by atoms with Crippen LogP contribution >= 0.6 is 0 Å². The van der Waals surface area contributed by atoms with Gasteiger partial charge in [-0.15, -0.1) is 0 Å². The van der Waals surface area contributed by atoms with Gasteiger partial charge >= 0.3 is 12.6 Å². The summed E-state index contributed by atoms with van der Waals surface area (Å²) >= 11 is 0. The maximum Gasteiger partial charge on any atom is 0.387 e. The van der Waals surface area contributed by atoms with E-state index in [1.807, 2.05) is 0 Å². The van der Waals surface area contributed by atoms with E-state index in [1.165, 1.54) is 6.07 Å². The molecule has 22 heavy (non-hydrogen) atoms. The summed E-state index contributed by atoms with van der Waals surface area (Å²) in [5.74, 6) is -0.952. The number of ether oxygens (including phenoxy) is 2. The molecule has 1 fully saturated rings. The molecule has 0 saturated heterocycles. The van der Waals surface area contributed by atoms with E-state index in [9.17, 15) is 18.4 Å². The molecule has 0 spiro atoms. The highest BCUT2D eigenvalue weighted by Crippen LogP contribution is 2.38. The summed E-state index contributed by atoms with van der Waals surface area (Å²) in [6.45, 7) is -3.07. The van der Waals surface area contributed by atoms with E-state index < -0.39 is 12.6 Å². The summed E-state index contributed by atoms with van der Waals surface area (Å²) in [6, 6.07) is 2.45. The number of aromatic amines is 1. The Balaban J connectivity index is 2.22. The van der Waals surface area contributed by atoms with E-state index in [-0.39, 0.29) is 33.8 Å². The van der Waals surface area contributed by atoms with Crippen LogP contribution in [0.5, 0.6) is 5.75 Å². The molecule has 1 aliphatic carbocycles. The lowest BCUT2D eigenvalue weighted by Gasteiger charge is -2.10. The van der Waals surface area contributed by atoms with Crippen LogP contribution in [0.2, 0.25) is 0 Å². The number of fused-ring (bicyclic) bond motifs is 1. The standard InChI is InChI=1S/C14H12F2N2O4/c1-21-13(20)7-4-8-11(9(5-7)22-14(15)16)18-10(6-2-3-6)12(19)17-8/h4-6,14H,2-3H2,1H3,(H,17,19).